The number of carboxylic acids is 1. The molecule has 5 nitrogen and oxygen atoms in total. The second-order valence-electron chi connectivity index (χ2n) is 4.10. The van der Waals surface area contributed by atoms with Crippen LogP contribution in [0.5, 0.6) is 0 Å². The standard InChI is InChI=1S/C13H11FN2O3S/c1-6-7(2)20-12(10(6)13(18)19)16-11(17)8-3-4-15-5-9(8)14/h3-5H,1-2H3,(H,16,17)(H,18,19). The third-order valence-electron chi connectivity index (χ3n) is 2.84. The first kappa shape index (κ1) is 14.1. The number of aromatic carboxylic acids is 1. The van der Waals surface area contributed by atoms with E-state index in [1.165, 1.54) is 12.3 Å². The number of hydrogen-bond donors (Lipinski definition) is 2. The molecule has 0 radical (unpaired) electrons. The van der Waals surface area contributed by atoms with Crippen molar-refractivity contribution in [3.63, 3.8) is 0 Å². The number of aromatic nitrogens is 1. The number of thiophene rings is 1. The molecule has 0 fully saturated rings. The summed E-state index contributed by atoms with van der Waals surface area (Å²) in [5.41, 5.74) is 0.448. The van der Waals surface area contributed by atoms with Crippen molar-refractivity contribution < 1.29 is 19.1 Å². The van der Waals surface area contributed by atoms with Crippen LogP contribution in [0.15, 0.2) is 18.5 Å². The topological polar surface area (TPSA) is 79.3 Å². The molecule has 0 spiro atoms. The van der Waals surface area contributed by atoms with Gasteiger partial charge in [0, 0.05) is 11.1 Å². The van der Waals surface area contributed by atoms with Crippen LogP contribution >= 0.6 is 11.3 Å². The van der Waals surface area contributed by atoms with Crippen molar-refractivity contribution in [1.29, 1.82) is 0 Å². The molecule has 0 bridgehead atoms. The number of hydrogen-bond acceptors (Lipinski definition) is 4. The molecule has 2 N–H and O–H groups in total. The molecule has 7 heteroatoms. The summed E-state index contributed by atoms with van der Waals surface area (Å²) >= 11 is 1.15. The Morgan fingerprint density at radius 3 is 2.70 bits per heavy atom. The van der Waals surface area contributed by atoms with Crippen molar-refractivity contribution in [2.75, 3.05) is 5.32 Å². The molecule has 2 aromatic heterocycles. The lowest BCUT2D eigenvalue weighted by molar-refractivity contribution is 0.0697. The maximum Gasteiger partial charge on any atom is 0.338 e. The first-order valence-corrected chi connectivity index (χ1v) is 6.47. The summed E-state index contributed by atoms with van der Waals surface area (Å²) in [5, 5.41) is 11.8. The molecular weight excluding hydrogens is 283 g/mol. The van der Waals surface area contributed by atoms with Gasteiger partial charge in [0.25, 0.3) is 5.91 Å². The smallest absolute Gasteiger partial charge is 0.338 e. The Kier molecular flexibility index (Phi) is 3.80. The monoisotopic (exact) mass is 294 g/mol. The van der Waals surface area contributed by atoms with Crippen molar-refractivity contribution in [3.8, 4) is 0 Å². The van der Waals surface area contributed by atoms with E-state index < -0.39 is 17.7 Å². The van der Waals surface area contributed by atoms with Gasteiger partial charge in [0.1, 0.15) is 5.00 Å². The number of carbonyl (C=O) groups is 2. The van der Waals surface area contributed by atoms with Crippen LogP contribution in [0, 0.1) is 19.7 Å². The van der Waals surface area contributed by atoms with Crippen molar-refractivity contribution in [1.82, 2.24) is 4.98 Å². The van der Waals surface area contributed by atoms with Crippen molar-refractivity contribution in [3.05, 3.63) is 45.8 Å². The maximum absolute atomic E-state index is 13.5. The number of carboxylic acid groups (broad SMARTS) is 1. The number of pyridine rings is 1. The zero-order chi connectivity index (χ0) is 14.9. The first-order chi connectivity index (χ1) is 9.41. The van der Waals surface area contributed by atoms with E-state index in [-0.39, 0.29) is 16.1 Å². The van der Waals surface area contributed by atoms with E-state index in [4.69, 9.17) is 5.11 Å². The highest BCUT2D eigenvalue weighted by Crippen LogP contribution is 2.32. The number of halogens is 1. The predicted octanol–water partition coefficient (Wildman–Crippen LogP) is 2.85. The maximum atomic E-state index is 13.5. The van der Waals surface area contributed by atoms with Crippen molar-refractivity contribution >= 4 is 28.2 Å². The highest BCUT2D eigenvalue weighted by atomic mass is 32.1. The average molecular weight is 294 g/mol. The fourth-order valence-electron chi connectivity index (χ4n) is 1.70. The van der Waals surface area contributed by atoms with Gasteiger partial charge >= 0.3 is 5.97 Å². The van der Waals surface area contributed by atoms with Crippen LogP contribution in [0.1, 0.15) is 31.2 Å². The Balaban J connectivity index is 2.36. The van der Waals surface area contributed by atoms with Gasteiger partial charge in [-0.1, -0.05) is 0 Å². The molecule has 0 saturated heterocycles. The van der Waals surface area contributed by atoms with Gasteiger partial charge in [-0.3, -0.25) is 9.78 Å². The minimum absolute atomic E-state index is 0.0373. The molecule has 104 valence electrons. The van der Waals surface area contributed by atoms with Crippen molar-refractivity contribution in [2.24, 2.45) is 0 Å². The highest BCUT2D eigenvalue weighted by molar-refractivity contribution is 7.16. The zero-order valence-corrected chi connectivity index (χ0v) is 11.5. The number of nitrogens with zero attached hydrogens (tertiary/aromatic N) is 1. The largest absolute Gasteiger partial charge is 0.478 e. The Morgan fingerprint density at radius 2 is 2.10 bits per heavy atom. The number of amides is 1. The number of carbonyl (C=O) groups excluding carboxylic acids is 1. The lowest BCUT2D eigenvalue weighted by Gasteiger charge is -2.05. The van der Waals surface area contributed by atoms with Crippen LogP contribution < -0.4 is 5.32 Å². The zero-order valence-electron chi connectivity index (χ0n) is 10.7. The molecule has 0 aliphatic carbocycles. The Bertz CT molecular complexity index is 697. The molecular formula is C13H11FN2O3S. The van der Waals surface area contributed by atoms with Crippen LogP contribution in [-0.2, 0) is 0 Å². The minimum Gasteiger partial charge on any atom is -0.478 e. The second-order valence-corrected chi connectivity index (χ2v) is 5.33. The summed E-state index contributed by atoms with van der Waals surface area (Å²) in [6.45, 7) is 3.42. The van der Waals surface area contributed by atoms with Gasteiger partial charge in [-0.25, -0.2) is 9.18 Å². The normalized spacial score (nSPS) is 10.3. The third-order valence-corrected chi connectivity index (χ3v) is 3.97. The molecule has 2 aromatic rings. The van der Waals surface area contributed by atoms with E-state index >= 15 is 0 Å². The quantitative estimate of drug-likeness (QED) is 0.912. The summed E-state index contributed by atoms with van der Waals surface area (Å²) < 4.78 is 13.5. The fourth-order valence-corrected chi connectivity index (χ4v) is 2.75. The van der Waals surface area contributed by atoms with Gasteiger partial charge in [-0.2, -0.15) is 0 Å². The Morgan fingerprint density at radius 1 is 1.40 bits per heavy atom. The van der Waals surface area contributed by atoms with E-state index in [0.717, 1.165) is 22.4 Å². The predicted molar refractivity (Wildman–Crippen MR) is 72.9 cm³/mol. The fraction of sp³-hybridized carbons (Fsp3) is 0.154. The minimum atomic E-state index is -1.13. The molecule has 1 amide bonds. The molecule has 0 aliphatic heterocycles. The van der Waals surface area contributed by atoms with Gasteiger partial charge in [-0.15, -0.1) is 11.3 Å². The third kappa shape index (κ3) is 2.53. The van der Waals surface area contributed by atoms with Crippen LogP contribution in [0.3, 0.4) is 0 Å². The van der Waals surface area contributed by atoms with Gasteiger partial charge < -0.3 is 10.4 Å². The number of aryl methyl sites for hydroxylation is 1. The average Bonchev–Trinajstić information content (AvgIpc) is 2.65. The summed E-state index contributed by atoms with van der Waals surface area (Å²) in [4.78, 5) is 27.5. The molecule has 0 unspecified atom stereocenters. The number of anilines is 1. The SMILES string of the molecule is Cc1sc(NC(=O)c2ccncc2F)c(C(=O)O)c1C. The molecule has 0 atom stereocenters. The summed E-state index contributed by atoms with van der Waals surface area (Å²) in [6.07, 6.45) is 2.22. The molecule has 0 aliphatic rings. The van der Waals surface area contributed by atoms with E-state index in [1.807, 2.05) is 0 Å². The molecule has 0 aromatic carbocycles. The highest BCUT2D eigenvalue weighted by Gasteiger charge is 2.21. The summed E-state index contributed by atoms with van der Waals surface area (Å²) in [6, 6.07) is 1.23. The van der Waals surface area contributed by atoms with E-state index in [1.54, 1.807) is 13.8 Å². The Labute approximate surface area is 118 Å². The molecule has 2 rings (SSSR count). The lowest BCUT2D eigenvalue weighted by atomic mass is 10.1. The number of nitrogens with one attached hydrogen (secondary N) is 1. The molecule has 20 heavy (non-hydrogen) atoms. The van der Waals surface area contributed by atoms with E-state index in [0.29, 0.717) is 5.56 Å². The summed E-state index contributed by atoms with van der Waals surface area (Å²) in [7, 11) is 0. The Hall–Kier alpha value is -2.28. The van der Waals surface area contributed by atoms with Crippen LogP contribution in [0.2, 0.25) is 0 Å². The van der Waals surface area contributed by atoms with Crippen LogP contribution in [-0.4, -0.2) is 22.0 Å². The van der Waals surface area contributed by atoms with Gasteiger partial charge in [-0.05, 0) is 25.5 Å². The lowest BCUT2D eigenvalue weighted by Crippen LogP contribution is -2.15. The van der Waals surface area contributed by atoms with E-state index in [2.05, 4.69) is 10.3 Å². The van der Waals surface area contributed by atoms with Crippen molar-refractivity contribution in [2.45, 2.75) is 13.8 Å². The van der Waals surface area contributed by atoms with Crippen LogP contribution in [0.4, 0.5) is 9.39 Å². The number of rotatable bonds is 3. The summed E-state index contributed by atoms with van der Waals surface area (Å²) in [5.74, 6) is -2.59. The molecule has 2 heterocycles. The van der Waals surface area contributed by atoms with Gasteiger partial charge in [0.2, 0.25) is 0 Å². The van der Waals surface area contributed by atoms with E-state index in [9.17, 15) is 14.0 Å². The van der Waals surface area contributed by atoms with Gasteiger partial charge in [0.15, 0.2) is 5.82 Å². The van der Waals surface area contributed by atoms with Crippen LogP contribution in [0.25, 0.3) is 0 Å². The van der Waals surface area contributed by atoms with Gasteiger partial charge in [0.05, 0.1) is 17.3 Å². The molecule has 0 saturated carbocycles. The first-order valence-electron chi connectivity index (χ1n) is 5.66. The second kappa shape index (κ2) is 5.38.